The molecule has 0 aliphatic carbocycles. The van der Waals surface area contributed by atoms with Gasteiger partial charge in [-0.1, -0.05) is 23.1 Å². The van der Waals surface area contributed by atoms with E-state index in [0.29, 0.717) is 16.6 Å². The van der Waals surface area contributed by atoms with Crippen molar-refractivity contribution in [2.45, 2.75) is 18.2 Å². The zero-order valence-corrected chi connectivity index (χ0v) is 13.7. The van der Waals surface area contributed by atoms with Gasteiger partial charge >= 0.3 is 0 Å². The molecule has 0 saturated heterocycles. The summed E-state index contributed by atoms with van der Waals surface area (Å²) in [6.07, 6.45) is 0. The lowest BCUT2D eigenvalue weighted by Crippen LogP contribution is -2.11. The van der Waals surface area contributed by atoms with Crippen LogP contribution in [0.1, 0.15) is 20.4 Å². The highest BCUT2D eigenvalue weighted by Crippen LogP contribution is 2.26. The van der Waals surface area contributed by atoms with Gasteiger partial charge in [-0.05, 0) is 13.8 Å². The van der Waals surface area contributed by atoms with Gasteiger partial charge in [0.1, 0.15) is 4.88 Å². The van der Waals surface area contributed by atoms with Crippen LogP contribution in [0.2, 0.25) is 0 Å². The summed E-state index contributed by atoms with van der Waals surface area (Å²) in [6, 6.07) is 0. The van der Waals surface area contributed by atoms with Gasteiger partial charge in [0.2, 0.25) is 5.13 Å². The first kappa shape index (κ1) is 15.4. The normalized spacial score (nSPS) is 10.8. The molecule has 20 heavy (non-hydrogen) atoms. The maximum atomic E-state index is 12.1. The van der Waals surface area contributed by atoms with Crippen LogP contribution in [0.25, 0.3) is 0 Å². The smallest absolute Gasteiger partial charge is 0.269 e. The molecule has 2 rings (SSSR count). The molecule has 0 atom stereocenters. The first-order chi connectivity index (χ1) is 9.60. The second-order valence-corrected chi connectivity index (χ2v) is 7.34. The molecule has 0 spiro atoms. The van der Waals surface area contributed by atoms with Gasteiger partial charge in [-0.2, -0.15) is 0 Å². The number of rotatable bonds is 6. The molecule has 0 radical (unpaired) electrons. The zero-order valence-electron chi connectivity index (χ0n) is 11.3. The van der Waals surface area contributed by atoms with Gasteiger partial charge < -0.3 is 4.74 Å². The van der Waals surface area contributed by atoms with E-state index in [-0.39, 0.29) is 5.91 Å². The molecule has 0 aromatic carbocycles. The summed E-state index contributed by atoms with van der Waals surface area (Å²) in [5.41, 5.74) is 0.740. The number of carbonyl (C=O) groups excluding carboxylic acids is 1. The molecule has 2 heterocycles. The lowest BCUT2D eigenvalue weighted by molar-refractivity contribution is 0.102. The van der Waals surface area contributed by atoms with Crippen LogP contribution in [0.15, 0.2) is 4.34 Å². The van der Waals surface area contributed by atoms with Gasteiger partial charge in [-0.15, -0.1) is 21.5 Å². The first-order valence-corrected chi connectivity index (χ1v) is 8.42. The number of aryl methyl sites for hydroxylation is 2. The number of nitrogens with zero attached hydrogens (tertiary/aromatic N) is 3. The second kappa shape index (κ2) is 7.11. The Hall–Kier alpha value is -1.03. The quantitative estimate of drug-likeness (QED) is 0.498. The average Bonchev–Trinajstić information content (AvgIpc) is 2.96. The highest BCUT2D eigenvalue weighted by Gasteiger charge is 2.16. The van der Waals surface area contributed by atoms with E-state index in [4.69, 9.17) is 4.74 Å². The van der Waals surface area contributed by atoms with Gasteiger partial charge in [0.05, 0.1) is 17.3 Å². The number of aromatic nitrogens is 3. The van der Waals surface area contributed by atoms with Gasteiger partial charge in [-0.3, -0.25) is 10.1 Å². The van der Waals surface area contributed by atoms with Crippen molar-refractivity contribution in [3.63, 3.8) is 0 Å². The van der Waals surface area contributed by atoms with Crippen LogP contribution in [0.4, 0.5) is 5.13 Å². The molecule has 0 fully saturated rings. The molecule has 0 bridgehead atoms. The van der Waals surface area contributed by atoms with Crippen LogP contribution in [0.5, 0.6) is 0 Å². The van der Waals surface area contributed by atoms with Crippen molar-refractivity contribution < 1.29 is 9.53 Å². The molecule has 0 aliphatic heterocycles. The van der Waals surface area contributed by atoms with E-state index in [2.05, 4.69) is 20.5 Å². The van der Waals surface area contributed by atoms with Crippen LogP contribution >= 0.6 is 34.4 Å². The largest absolute Gasteiger partial charge is 0.384 e. The molecule has 1 amide bonds. The molecular weight excluding hydrogens is 316 g/mol. The Labute approximate surface area is 129 Å². The Balaban J connectivity index is 1.96. The molecule has 0 unspecified atom stereocenters. The Morgan fingerprint density at radius 2 is 2.15 bits per heavy atom. The van der Waals surface area contributed by atoms with Crippen LogP contribution in [0.3, 0.4) is 0 Å². The van der Waals surface area contributed by atoms with Gasteiger partial charge in [0, 0.05) is 12.9 Å². The lowest BCUT2D eigenvalue weighted by atomic mass is 10.4. The van der Waals surface area contributed by atoms with Gasteiger partial charge in [0.25, 0.3) is 5.91 Å². The molecular formula is C11H14N4O2S3. The molecule has 108 valence electrons. The number of nitrogens with one attached hydrogen (secondary N) is 1. The number of thioether (sulfide) groups is 1. The summed E-state index contributed by atoms with van der Waals surface area (Å²) in [5.74, 6) is 0.629. The summed E-state index contributed by atoms with van der Waals surface area (Å²) in [5, 5.41) is 12.1. The third-order valence-corrected chi connectivity index (χ3v) is 5.26. The van der Waals surface area contributed by atoms with E-state index >= 15 is 0 Å². The number of anilines is 1. The Morgan fingerprint density at radius 3 is 2.80 bits per heavy atom. The summed E-state index contributed by atoms with van der Waals surface area (Å²) >= 11 is 4.29. The van der Waals surface area contributed by atoms with Crippen molar-refractivity contribution >= 4 is 45.5 Å². The Morgan fingerprint density at radius 1 is 1.35 bits per heavy atom. The van der Waals surface area contributed by atoms with Crippen molar-refractivity contribution in [1.29, 1.82) is 0 Å². The zero-order chi connectivity index (χ0) is 14.5. The van der Waals surface area contributed by atoms with Crippen LogP contribution < -0.4 is 5.32 Å². The van der Waals surface area contributed by atoms with E-state index in [1.54, 1.807) is 18.9 Å². The van der Waals surface area contributed by atoms with Crippen molar-refractivity contribution in [3.05, 3.63) is 15.6 Å². The minimum Gasteiger partial charge on any atom is -0.384 e. The summed E-state index contributed by atoms with van der Waals surface area (Å²) in [7, 11) is 1.66. The molecule has 0 aliphatic rings. The maximum Gasteiger partial charge on any atom is 0.269 e. The lowest BCUT2D eigenvalue weighted by Gasteiger charge is -1.98. The van der Waals surface area contributed by atoms with E-state index in [1.165, 1.54) is 22.7 Å². The van der Waals surface area contributed by atoms with Crippen LogP contribution in [-0.4, -0.2) is 40.6 Å². The predicted octanol–water partition coefficient (Wildman–Crippen LogP) is 2.60. The van der Waals surface area contributed by atoms with Crippen molar-refractivity contribution in [2.75, 3.05) is 24.8 Å². The molecule has 9 heteroatoms. The number of ether oxygens (including phenoxy) is 1. The van der Waals surface area contributed by atoms with Gasteiger partial charge in [0.15, 0.2) is 4.34 Å². The summed E-state index contributed by atoms with van der Waals surface area (Å²) in [6.45, 7) is 4.36. The van der Waals surface area contributed by atoms with E-state index in [9.17, 15) is 4.79 Å². The highest BCUT2D eigenvalue weighted by atomic mass is 32.2. The number of carbonyl (C=O) groups is 1. The molecule has 6 nitrogen and oxygen atoms in total. The fraction of sp³-hybridized carbons (Fsp3) is 0.455. The standard InChI is InChI=1S/C11H14N4O2S3/c1-6-8(19-7(2)12-6)9(16)13-10-14-15-11(20-10)18-5-4-17-3/h4-5H2,1-3H3,(H,13,14,16). The van der Waals surface area contributed by atoms with Crippen molar-refractivity contribution in [2.24, 2.45) is 0 Å². The minimum absolute atomic E-state index is 0.183. The number of hydrogen-bond acceptors (Lipinski definition) is 8. The monoisotopic (exact) mass is 330 g/mol. The minimum atomic E-state index is -0.183. The average molecular weight is 330 g/mol. The third-order valence-electron chi connectivity index (χ3n) is 2.25. The van der Waals surface area contributed by atoms with Crippen molar-refractivity contribution in [1.82, 2.24) is 15.2 Å². The predicted molar refractivity (Wildman–Crippen MR) is 82.1 cm³/mol. The number of amides is 1. The molecule has 1 N–H and O–H groups in total. The molecule has 2 aromatic heterocycles. The summed E-state index contributed by atoms with van der Waals surface area (Å²) in [4.78, 5) is 16.9. The Kier molecular flexibility index (Phi) is 5.46. The fourth-order valence-corrected chi connectivity index (χ4v) is 3.96. The topological polar surface area (TPSA) is 77.0 Å². The molecule has 0 saturated carbocycles. The van der Waals surface area contributed by atoms with E-state index < -0.39 is 0 Å². The number of methoxy groups -OCH3 is 1. The summed E-state index contributed by atoms with van der Waals surface area (Å²) < 4.78 is 5.78. The Bertz CT molecular complexity index is 596. The van der Waals surface area contributed by atoms with Gasteiger partial charge in [-0.25, -0.2) is 4.98 Å². The fourth-order valence-electron chi connectivity index (χ4n) is 1.43. The second-order valence-electron chi connectivity index (χ2n) is 3.82. The van der Waals surface area contributed by atoms with Crippen molar-refractivity contribution in [3.8, 4) is 0 Å². The van der Waals surface area contributed by atoms with Crippen LogP contribution in [0, 0.1) is 13.8 Å². The van der Waals surface area contributed by atoms with Crippen LogP contribution in [-0.2, 0) is 4.74 Å². The third kappa shape index (κ3) is 3.98. The van der Waals surface area contributed by atoms with E-state index in [0.717, 1.165) is 20.8 Å². The SMILES string of the molecule is COCCSc1nnc(NC(=O)c2sc(C)nc2C)s1. The maximum absolute atomic E-state index is 12.1. The number of hydrogen-bond donors (Lipinski definition) is 1. The number of thiazole rings is 1. The first-order valence-electron chi connectivity index (χ1n) is 5.80. The highest BCUT2D eigenvalue weighted by molar-refractivity contribution is 8.01. The molecule has 2 aromatic rings. The van der Waals surface area contributed by atoms with E-state index in [1.807, 2.05) is 13.8 Å².